The van der Waals surface area contributed by atoms with Crippen molar-refractivity contribution >= 4 is 28.3 Å². The lowest BCUT2D eigenvalue weighted by Crippen LogP contribution is -2.46. The van der Waals surface area contributed by atoms with Gasteiger partial charge < -0.3 is 19.7 Å². The topological polar surface area (TPSA) is 82.8 Å². The van der Waals surface area contributed by atoms with Crippen LogP contribution in [0, 0.1) is 5.82 Å². The summed E-state index contributed by atoms with van der Waals surface area (Å²) < 4.78 is 19.9. The second-order valence-electron chi connectivity index (χ2n) is 10.0. The highest BCUT2D eigenvalue weighted by molar-refractivity contribution is 6.13. The van der Waals surface area contributed by atoms with Crippen LogP contribution in [0.2, 0.25) is 0 Å². The molecule has 4 aromatic rings. The zero-order chi connectivity index (χ0) is 27.7. The van der Waals surface area contributed by atoms with E-state index in [-0.39, 0.29) is 29.7 Å². The van der Waals surface area contributed by atoms with Crippen molar-refractivity contribution < 1.29 is 23.5 Å². The lowest BCUT2D eigenvalue weighted by Gasteiger charge is -2.32. The van der Waals surface area contributed by atoms with Gasteiger partial charge in [-0.1, -0.05) is 19.1 Å². The van der Waals surface area contributed by atoms with Gasteiger partial charge in [-0.2, -0.15) is 0 Å². The van der Waals surface area contributed by atoms with Gasteiger partial charge in [-0.05, 0) is 74.7 Å². The number of nitrogens with one attached hydrogen (secondary N) is 1. The standard InChI is InChI=1S/C32H33FN2O4/c1-4-28(37)30-26-17-25(20-8-7-9-21(14-20)32(38)34-23-15-24(36)16-23)27(35(5-2)6-3)18-29(26)39-31(30)19-10-12-22(33)13-11-19/h7-14,17-18,23-24,36H,4-6,15-16H2,1-3H3,(H,34,38). The van der Waals surface area contributed by atoms with Crippen molar-refractivity contribution in [3.63, 3.8) is 0 Å². The van der Waals surface area contributed by atoms with Crippen LogP contribution in [-0.2, 0) is 0 Å². The normalized spacial score (nSPS) is 16.6. The summed E-state index contributed by atoms with van der Waals surface area (Å²) in [4.78, 5) is 28.4. The highest BCUT2D eigenvalue weighted by Crippen LogP contribution is 2.41. The van der Waals surface area contributed by atoms with Gasteiger partial charge in [0.15, 0.2) is 5.78 Å². The Morgan fingerprint density at radius 2 is 1.72 bits per heavy atom. The van der Waals surface area contributed by atoms with Crippen molar-refractivity contribution in [1.29, 1.82) is 0 Å². The maximum atomic E-state index is 13.6. The molecule has 0 atom stereocenters. The van der Waals surface area contributed by atoms with Crippen molar-refractivity contribution in [2.75, 3.05) is 18.0 Å². The minimum Gasteiger partial charge on any atom is -0.455 e. The number of Topliss-reactive ketones (excluding diaryl/α,β-unsaturated/α-hetero) is 1. The minimum atomic E-state index is -0.359. The molecule has 1 fully saturated rings. The zero-order valence-electron chi connectivity index (χ0n) is 22.5. The van der Waals surface area contributed by atoms with Crippen LogP contribution in [0.4, 0.5) is 10.1 Å². The van der Waals surface area contributed by atoms with E-state index in [2.05, 4.69) is 24.1 Å². The Bertz CT molecular complexity index is 1520. The number of aliphatic hydroxyl groups excluding tert-OH is 1. The molecule has 1 heterocycles. The van der Waals surface area contributed by atoms with Gasteiger partial charge in [-0.25, -0.2) is 4.39 Å². The SMILES string of the molecule is CCC(=O)c1c(-c2ccc(F)cc2)oc2cc(N(CC)CC)c(-c3cccc(C(=O)NC4CC(O)C4)c3)cc12. The second-order valence-corrected chi connectivity index (χ2v) is 10.0. The van der Waals surface area contributed by atoms with E-state index in [4.69, 9.17) is 4.42 Å². The second kappa shape index (κ2) is 11.0. The molecule has 1 amide bonds. The van der Waals surface area contributed by atoms with Gasteiger partial charge in [0, 0.05) is 59.4 Å². The summed E-state index contributed by atoms with van der Waals surface area (Å²) in [6.07, 6.45) is 1.08. The van der Waals surface area contributed by atoms with E-state index in [1.54, 1.807) is 18.2 Å². The molecule has 0 spiro atoms. The van der Waals surface area contributed by atoms with Gasteiger partial charge in [0.05, 0.1) is 11.7 Å². The molecule has 0 aliphatic heterocycles. The first-order chi connectivity index (χ1) is 18.8. The fourth-order valence-electron chi connectivity index (χ4n) is 5.25. The Morgan fingerprint density at radius 1 is 1.00 bits per heavy atom. The monoisotopic (exact) mass is 528 g/mol. The van der Waals surface area contributed by atoms with Crippen LogP contribution in [0.25, 0.3) is 33.4 Å². The van der Waals surface area contributed by atoms with Crippen molar-refractivity contribution in [3.05, 3.63) is 77.6 Å². The third kappa shape index (κ3) is 5.19. The molecule has 1 aliphatic rings. The largest absolute Gasteiger partial charge is 0.455 e. The number of aliphatic hydroxyl groups is 1. The number of amides is 1. The fourth-order valence-corrected chi connectivity index (χ4v) is 5.25. The zero-order valence-corrected chi connectivity index (χ0v) is 22.5. The highest BCUT2D eigenvalue weighted by atomic mass is 19.1. The molecule has 1 aliphatic carbocycles. The molecule has 0 radical (unpaired) electrons. The number of rotatable bonds is 9. The van der Waals surface area contributed by atoms with E-state index in [1.165, 1.54) is 12.1 Å². The van der Waals surface area contributed by atoms with Crippen LogP contribution in [0.3, 0.4) is 0 Å². The van der Waals surface area contributed by atoms with E-state index in [0.717, 1.165) is 29.9 Å². The summed E-state index contributed by atoms with van der Waals surface area (Å²) in [5.41, 5.74) is 4.88. The average molecular weight is 529 g/mol. The Hall–Kier alpha value is -3.97. The van der Waals surface area contributed by atoms with Crippen LogP contribution in [0.5, 0.6) is 0 Å². The Labute approximate surface area is 227 Å². The number of benzene rings is 3. The van der Waals surface area contributed by atoms with E-state index < -0.39 is 0 Å². The van der Waals surface area contributed by atoms with Crippen molar-refractivity contribution in [1.82, 2.24) is 5.32 Å². The highest BCUT2D eigenvalue weighted by Gasteiger charge is 2.29. The number of hydrogen-bond acceptors (Lipinski definition) is 5. The fraction of sp³-hybridized carbons (Fsp3) is 0.312. The van der Waals surface area contributed by atoms with Gasteiger partial charge >= 0.3 is 0 Å². The van der Waals surface area contributed by atoms with Crippen LogP contribution < -0.4 is 10.2 Å². The number of carbonyl (C=O) groups excluding carboxylic acids is 2. The maximum Gasteiger partial charge on any atom is 0.251 e. The van der Waals surface area contributed by atoms with E-state index in [9.17, 15) is 19.1 Å². The summed E-state index contributed by atoms with van der Waals surface area (Å²) in [6, 6.07) is 17.3. The average Bonchev–Trinajstić information content (AvgIpc) is 3.31. The van der Waals surface area contributed by atoms with Gasteiger partial charge in [0.2, 0.25) is 0 Å². The molecule has 1 aromatic heterocycles. The lowest BCUT2D eigenvalue weighted by molar-refractivity contribution is 0.0562. The molecule has 1 saturated carbocycles. The molecule has 3 aromatic carbocycles. The Morgan fingerprint density at radius 3 is 2.36 bits per heavy atom. The molecule has 0 unspecified atom stereocenters. The molecule has 7 heteroatoms. The molecule has 0 saturated heterocycles. The molecule has 202 valence electrons. The first-order valence-corrected chi connectivity index (χ1v) is 13.6. The molecule has 6 nitrogen and oxygen atoms in total. The van der Waals surface area contributed by atoms with Gasteiger partial charge in [0.25, 0.3) is 5.91 Å². The molecular formula is C32H33FN2O4. The number of halogens is 1. The molecular weight excluding hydrogens is 495 g/mol. The predicted molar refractivity (Wildman–Crippen MR) is 152 cm³/mol. The van der Waals surface area contributed by atoms with E-state index >= 15 is 0 Å². The van der Waals surface area contributed by atoms with Gasteiger partial charge in [0.1, 0.15) is 17.2 Å². The number of furan rings is 1. The summed E-state index contributed by atoms with van der Waals surface area (Å²) >= 11 is 0. The molecule has 5 rings (SSSR count). The Balaban J connectivity index is 1.67. The predicted octanol–water partition coefficient (Wildman–Crippen LogP) is 6.60. The number of fused-ring (bicyclic) bond motifs is 1. The van der Waals surface area contributed by atoms with Crippen LogP contribution >= 0.6 is 0 Å². The maximum absolute atomic E-state index is 13.6. The summed E-state index contributed by atoms with van der Waals surface area (Å²) in [5, 5.41) is 13.3. The van der Waals surface area contributed by atoms with Crippen molar-refractivity contribution in [2.45, 2.75) is 52.2 Å². The van der Waals surface area contributed by atoms with Crippen molar-refractivity contribution in [2.24, 2.45) is 0 Å². The number of hydrogen-bond donors (Lipinski definition) is 2. The van der Waals surface area contributed by atoms with E-state index in [1.807, 2.05) is 37.3 Å². The molecule has 0 bridgehead atoms. The number of ketones is 1. The third-order valence-corrected chi connectivity index (χ3v) is 7.50. The van der Waals surface area contributed by atoms with Gasteiger partial charge in [-0.3, -0.25) is 9.59 Å². The van der Waals surface area contributed by atoms with Crippen LogP contribution in [0.1, 0.15) is 60.7 Å². The smallest absolute Gasteiger partial charge is 0.251 e. The number of carbonyl (C=O) groups is 2. The quantitative estimate of drug-likeness (QED) is 0.239. The minimum absolute atomic E-state index is 0.0165. The number of nitrogens with zero attached hydrogens (tertiary/aromatic N) is 1. The summed E-state index contributed by atoms with van der Waals surface area (Å²) in [6.45, 7) is 7.47. The Kier molecular flexibility index (Phi) is 7.53. The molecule has 2 N–H and O–H groups in total. The summed E-state index contributed by atoms with van der Waals surface area (Å²) in [7, 11) is 0. The number of anilines is 1. The van der Waals surface area contributed by atoms with Crippen LogP contribution in [-0.4, -0.2) is 42.0 Å². The summed E-state index contributed by atoms with van der Waals surface area (Å²) in [5.74, 6) is -0.176. The lowest BCUT2D eigenvalue weighted by atomic mass is 9.89. The first kappa shape index (κ1) is 26.6. The first-order valence-electron chi connectivity index (χ1n) is 13.6. The molecule has 39 heavy (non-hydrogen) atoms. The van der Waals surface area contributed by atoms with Crippen molar-refractivity contribution in [3.8, 4) is 22.5 Å². The van der Waals surface area contributed by atoms with Crippen LogP contribution in [0.15, 0.2) is 65.1 Å². The van der Waals surface area contributed by atoms with E-state index in [0.29, 0.717) is 52.7 Å². The third-order valence-electron chi connectivity index (χ3n) is 7.50. The van der Waals surface area contributed by atoms with Gasteiger partial charge in [-0.15, -0.1) is 0 Å².